The van der Waals surface area contributed by atoms with E-state index in [4.69, 9.17) is 28.4 Å². The average Bonchev–Trinajstić information content (AvgIpc) is 2.63. The summed E-state index contributed by atoms with van der Waals surface area (Å²) in [6, 6.07) is 0. The SMILES string of the molecule is CC/C=C\CCO[C@@H]1O[C@H](COC(C)=O)[C@@H](OC(C)=O)[C@H](OC(C)=O)[C@H]1OC(C)=O. The van der Waals surface area contributed by atoms with Gasteiger partial charge in [0.2, 0.25) is 0 Å². The van der Waals surface area contributed by atoms with Gasteiger partial charge in [0.15, 0.2) is 24.6 Å². The molecule has 0 aliphatic carbocycles. The summed E-state index contributed by atoms with van der Waals surface area (Å²) in [5.41, 5.74) is 0. The molecular formula is C20H30O10. The van der Waals surface area contributed by atoms with Gasteiger partial charge in [0.1, 0.15) is 12.7 Å². The molecule has 0 saturated carbocycles. The summed E-state index contributed by atoms with van der Waals surface area (Å²) in [5, 5.41) is 0. The highest BCUT2D eigenvalue weighted by atomic mass is 16.7. The molecule has 30 heavy (non-hydrogen) atoms. The van der Waals surface area contributed by atoms with E-state index in [1.165, 1.54) is 13.8 Å². The quantitative estimate of drug-likeness (QED) is 0.218. The molecule has 10 nitrogen and oxygen atoms in total. The van der Waals surface area contributed by atoms with E-state index in [0.717, 1.165) is 20.3 Å². The van der Waals surface area contributed by atoms with Gasteiger partial charge in [-0.25, -0.2) is 0 Å². The highest BCUT2D eigenvalue weighted by molar-refractivity contribution is 5.68. The highest BCUT2D eigenvalue weighted by Gasteiger charge is 2.52. The molecular weight excluding hydrogens is 400 g/mol. The topological polar surface area (TPSA) is 124 Å². The molecule has 0 aromatic rings. The normalized spacial score (nSPS) is 26.1. The summed E-state index contributed by atoms with van der Waals surface area (Å²) in [6.45, 7) is 6.66. The van der Waals surface area contributed by atoms with Crippen molar-refractivity contribution in [2.24, 2.45) is 0 Å². The minimum absolute atomic E-state index is 0.226. The molecule has 0 N–H and O–H groups in total. The van der Waals surface area contributed by atoms with Crippen LogP contribution in [0.15, 0.2) is 12.2 Å². The van der Waals surface area contributed by atoms with Gasteiger partial charge in [0, 0.05) is 27.7 Å². The van der Waals surface area contributed by atoms with Crippen molar-refractivity contribution in [3.63, 3.8) is 0 Å². The number of esters is 4. The van der Waals surface area contributed by atoms with E-state index >= 15 is 0 Å². The maximum absolute atomic E-state index is 11.7. The van der Waals surface area contributed by atoms with Gasteiger partial charge in [-0.1, -0.05) is 19.1 Å². The Morgan fingerprint density at radius 1 is 0.800 bits per heavy atom. The lowest BCUT2D eigenvalue weighted by molar-refractivity contribution is -0.307. The zero-order valence-electron chi connectivity index (χ0n) is 18.0. The monoisotopic (exact) mass is 430 g/mol. The van der Waals surface area contributed by atoms with Crippen molar-refractivity contribution >= 4 is 23.9 Å². The molecule has 0 amide bonds. The summed E-state index contributed by atoms with van der Waals surface area (Å²) in [7, 11) is 0. The van der Waals surface area contributed by atoms with E-state index in [2.05, 4.69) is 0 Å². The number of allylic oxidation sites excluding steroid dienone is 1. The van der Waals surface area contributed by atoms with Crippen molar-refractivity contribution in [2.45, 2.75) is 78.2 Å². The molecule has 0 aromatic heterocycles. The van der Waals surface area contributed by atoms with Crippen LogP contribution >= 0.6 is 0 Å². The van der Waals surface area contributed by atoms with E-state index in [-0.39, 0.29) is 13.2 Å². The zero-order valence-corrected chi connectivity index (χ0v) is 18.0. The summed E-state index contributed by atoms with van der Waals surface area (Å²) >= 11 is 0. The van der Waals surface area contributed by atoms with Crippen LogP contribution in [-0.2, 0) is 47.6 Å². The zero-order chi connectivity index (χ0) is 22.7. The molecule has 1 heterocycles. The smallest absolute Gasteiger partial charge is 0.303 e. The minimum Gasteiger partial charge on any atom is -0.463 e. The predicted octanol–water partition coefficient (Wildman–Crippen LogP) is 1.44. The molecule has 0 spiro atoms. The molecule has 1 aliphatic rings. The molecule has 170 valence electrons. The molecule has 1 fully saturated rings. The fourth-order valence-corrected chi connectivity index (χ4v) is 2.86. The van der Waals surface area contributed by atoms with Gasteiger partial charge in [0.05, 0.1) is 6.61 Å². The lowest BCUT2D eigenvalue weighted by Gasteiger charge is -2.44. The van der Waals surface area contributed by atoms with E-state index in [9.17, 15) is 19.2 Å². The summed E-state index contributed by atoms with van der Waals surface area (Å²) in [6.07, 6.45) is -0.414. The molecule has 5 atom stereocenters. The first-order valence-corrected chi connectivity index (χ1v) is 9.72. The van der Waals surface area contributed by atoms with Crippen LogP contribution in [-0.4, -0.2) is 67.8 Å². The largest absolute Gasteiger partial charge is 0.463 e. The number of carbonyl (C=O) groups excluding carboxylic acids is 4. The standard InChI is InChI=1S/C20H30O10/c1-6-7-8-9-10-25-20-19(29-15(5)24)18(28-14(4)23)17(27-13(3)22)16(30-20)11-26-12(2)21/h7-8,16-20H,6,9-11H2,1-5H3/b8-7-/t16-,17-,18+,19-,20-/m1/s1. The van der Waals surface area contributed by atoms with Crippen LogP contribution < -0.4 is 0 Å². The van der Waals surface area contributed by atoms with E-state index in [1.807, 2.05) is 19.1 Å². The highest BCUT2D eigenvalue weighted by Crippen LogP contribution is 2.30. The van der Waals surface area contributed by atoms with Gasteiger partial charge in [-0.15, -0.1) is 0 Å². The van der Waals surface area contributed by atoms with Gasteiger partial charge < -0.3 is 28.4 Å². The first kappa shape index (κ1) is 25.6. The van der Waals surface area contributed by atoms with Gasteiger partial charge in [0.25, 0.3) is 0 Å². The minimum atomic E-state index is -1.22. The first-order valence-electron chi connectivity index (χ1n) is 9.72. The molecule has 10 heteroatoms. The Bertz CT molecular complexity index is 629. The van der Waals surface area contributed by atoms with Crippen molar-refractivity contribution in [2.75, 3.05) is 13.2 Å². The first-order chi connectivity index (χ1) is 14.1. The molecule has 1 saturated heterocycles. The van der Waals surface area contributed by atoms with Gasteiger partial charge in [-0.05, 0) is 12.8 Å². The lowest BCUT2D eigenvalue weighted by atomic mass is 9.98. The molecule has 1 aliphatic heterocycles. The predicted molar refractivity (Wildman–Crippen MR) is 102 cm³/mol. The van der Waals surface area contributed by atoms with Crippen molar-refractivity contribution in [3.8, 4) is 0 Å². The Hall–Kier alpha value is -2.46. The van der Waals surface area contributed by atoms with Crippen LogP contribution in [0.2, 0.25) is 0 Å². The Labute approximate surface area is 175 Å². The Balaban J connectivity index is 3.17. The Kier molecular flexibility index (Phi) is 11.1. The molecule has 0 aromatic carbocycles. The van der Waals surface area contributed by atoms with Crippen LogP contribution in [0.3, 0.4) is 0 Å². The second-order valence-corrected chi connectivity index (χ2v) is 6.61. The van der Waals surface area contributed by atoms with Crippen molar-refractivity contribution in [1.29, 1.82) is 0 Å². The molecule has 1 rings (SSSR count). The maximum atomic E-state index is 11.7. The van der Waals surface area contributed by atoms with E-state index < -0.39 is 54.6 Å². The third kappa shape index (κ3) is 8.91. The van der Waals surface area contributed by atoms with Crippen LogP contribution in [0.4, 0.5) is 0 Å². The van der Waals surface area contributed by atoms with Crippen molar-refractivity contribution in [3.05, 3.63) is 12.2 Å². The van der Waals surface area contributed by atoms with Crippen LogP contribution in [0.1, 0.15) is 47.5 Å². The molecule has 0 unspecified atom stereocenters. The van der Waals surface area contributed by atoms with Gasteiger partial charge in [-0.3, -0.25) is 19.2 Å². The van der Waals surface area contributed by atoms with E-state index in [0.29, 0.717) is 6.42 Å². The van der Waals surface area contributed by atoms with Gasteiger partial charge in [-0.2, -0.15) is 0 Å². The van der Waals surface area contributed by atoms with E-state index in [1.54, 1.807) is 0 Å². The van der Waals surface area contributed by atoms with Crippen molar-refractivity contribution < 1.29 is 47.6 Å². The second kappa shape index (κ2) is 13.0. The fourth-order valence-electron chi connectivity index (χ4n) is 2.86. The van der Waals surface area contributed by atoms with Crippen molar-refractivity contribution in [1.82, 2.24) is 0 Å². The van der Waals surface area contributed by atoms with Crippen LogP contribution in [0, 0.1) is 0 Å². The third-order valence-corrected chi connectivity index (χ3v) is 3.92. The summed E-state index contributed by atoms with van der Waals surface area (Å²) < 4.78 is 32.4. The Morgan fingerprint density at radius 3 is 1.90 bits per heavy atom. The number of carbonyl (C=O) groups is 4. The van der Waals surface area contributed by atoms with Gasteiger partial charge >= 0.3 is 23.9 Å². The lowest BCUT2D eigenvalue weighted by Crippen LogP contribution is -2.63. The average molecular weight is 430 g/mol. The number of ether oxygens (including phenoxy) is 6. The summed E-state index contributed by atoms with van der Waals surface area (Å²) in [5.74, 6) is -2.61. The molecule has 0 radical (unpaired) electrons. The number of hydrogen-bond acceptors (Lipinski definition) is 10. The summed E-state index contributed by atoms with van der Waals surface area (Å²) in [4.78, 5) is 46.3. The number of rotatable bonds is 10. The fraction of sp³-hybridized carbons (Fsp3) is 0.700. The second-order valence-electron chi connectivity index (χ2n) is 6.61. The Morgan fingerprint density at radius 2 is 1.37 bits per heavy atom. The maximum Gasteiger partial charge on any atom is 0.303 e. The molecule has 0 bridgehead atoms. The third-order valence-electron chi connectivity index (χ3n) is 3.92. The van der Waals surface area contributed by atoms with Crippen LogP contribution in [0.5, 0.6) is 0 Å². The number of hydrogen-bond donors (Lipinski definition) is 0. The van der Waals surface area contributed by atoms with Crippen LogP contribution in [0.25, 0.3) is 0 Å².